The van der Waals surface area contributed by atoms with Crippen molar-refractivity contribution in [2.24, 2.45) is 0 Å². The number of carbonyl (C=O) groups is 2. The standard InChI is InChI=1S/C25H28N2O6S/c1-17-15-22(18(2)27(17)14-13-19-9-11-20(32-3)12-10-19)24(28)16-33-25(29)21-7-5-6-8-23(21)26-34(4,30)31/h5-12,15,26H,13-14,16H2,1-4H3. The first-order valence-corrected chi connectivity index (χ1v) is 12.5. The number of aromatic nitrogens is 1. The predicted octanol–water partition coefficient (Wildman–Crippen LogP) is 3.77. The van der Waals surface area contributed by atoms with Crippen molar-refractivity contribution in [3.63, 3.8) is 0 Å². The van der Waals surface area contributed by atoms with Crippen molar-refractivity contribution in [2.75, 3.05) is 24.7 Å². The molecule has 0 bridgehead atoms. The first-order chi connectivity index (χ1) is 16.1. The lowest BCUT2D eigenvalue weighted by Gasteiger charge is -2.11. The van der Waals surface area contributed by atoms with E-state index >= 15 is 0 Å². The van der Waals surface area contributed by atoms with Crippen molar-refractivity contribution >= 4 is 27.5 Å². The highest BCUT2D eigenvalue weighted by atomic mass is 32.2. The molecule has 0 unspecified atom stereocenters. The summed E-state index contributed by atoms with van der Waals surface area (Å²) in [4.78, 5) is 25.3. The van der Waals surface area contributed by atoms with E-state index < -0.39 is 22.6 Å². The molecule has 0 spiro atoms. The summed E-state index contributed by atoms with van der Waals surface area (Å²) in [7, 11) is -1.95. The molecule has 0 radical (unpaired) electrons. The Morgan fingerprint density at radius 2 is 1.68 bits per heavy atom. The number of anilines is 1. The first-order valence-electron chi connectivity index (χ1n) is 10.7. The third-order valence-corrected chi connectivity index (χ3v) is 6.02. The van der Waals surface area contributed by atoms with E-state index in [2.05, 4.69) is 9.29 Å². The number of Topliss-reactive ketones (excluding diaryl/α,β-unsaturated/α-hetero) is 1. The number of esters is 1. The number of hydrogen-bond donors (Lipinski definition) is 1. The minimum absolute atomic E-state index is 0.0330. The Kier molecular flexibility index (Phi) is 7.78. The van der Waals surface area contributed by atoms with Crippen LogP contribution in [0.1, 0.15) is 37.7 Å². The van der Waals surface area contributed by atoms with Gasteiger partial charge in [-0.05, 0) is 56.2 Å². The number of ketones is 1. The highest BCUT2D eigenvalue weighted by molar-refractivity contribution is 7.92. The van der Waals surface area contributed by atoms with Crippen LogP contribution in [0.3, 0.4) is 0 Å². The Labute approximate surface area is 199 Å². The van der Waals surface area contributed by atoms with Gasteiger partial charge in [-0.15, -0.1) is 0 Å². The average molecular weight is 485 g/mol. The van der Waals surface area contributed by atoms with Crippen LogP contribution in [0.2, 0.25) is 0 Å². The molecule has 2 aromatic carbocycles. The number of benzene rings is 2. The Balaban J connectivity index is 1.66. The Morgan fingerprint density at radius 3 is 2.32 bits per heavy atom. The molecule has 1 N–H and O–H groups in total. The van der Waals surface area contributed by atoms with E-state index in [0.29, 0.717) is 12.1 Å². The van der Waals surface area contributed by atoms with Crippen molar-refractivity contribution in [1.82, 2.24) is 4.57 Å². The van der Waals surface area contributed by atoms with Gasteiger partial charge in [0.2, 0.25) is 15.8 Å². The van der Waals surface area contributed by atoms with Gasteiger partial charge in [0.15, 0.2) is 6.61 Å². The van der Waals surface area contributed by atoms with E-state index in [1.807, 2.05) is 38.1 Å². The first kappa shape index (κ1) is 25.0. The molecule has 0 aliphatic heterocycles. The number of rotatable bonds is 10. The number of para-hydroxylation sites is 1. The van der Waals surface area contributed by atoms with Crippen LogP contribution in [0.4, 0.5) is 5.69 Å². The van der Waals surface area contributed by atoms with Gasteiger partial charge in [0.05, 0.1) is 24.6 Å². The van der Waals surface area contributed by atoms with Crippen molar-refractivity contribution in [3.8, 4) is 5.75 Å². The largest absolute Gasteiger partial charge is 0.497 e. The average Bonchev–Trinajstić information content (AvgIpc) is 3.08. The van der Waals surface area contributed by atoms with Crippen LogP contribution < -0.4 is 9.46 Å². The van der Waals surface area contributed by atoms with Gasteiger partial charge >= 0.3 is 5.97 Å². The molecule has 9 heteroatoms. The molecule has 0 fully saturated rings. The van der Waals surface area contributed by atoms with Gasteiger partial charge in [0, 0.05) is 23.5 Å². The molecule has 0 saturated heterocycles. The van der Waals surface area contributed by atoms with Gasteiger partial charge in [-0.3, -0.25) is 9.52 Å². The summed E-state index contributed by atoms with van der Waals surface area (Å²) >= 11 is 0. The zero-order chi connectivity index (χ0) is 24.9. The van der Waals surface area contributed by atoms with Crippen LogP contribution >= 0.6 is 0 Å². The lowest BCUT2D eigenvalue weighted by atomic mass is 10.1. The smallest absolute Gasteiger partial charge is 0.340 e. The zero-order valence-corrected chi connectivity index (χ0v) is 20.4. The number of ether oxygens (including phenoxy) is 2. The molecule has 0 aliphatic carbocycles. The Bertz CT molecular complexity index is 1290. The Hall–Kier alpha value is -3.59. The highest BCUT2D eigenvalue weighted by Gasteiger charge is 2.20. The van der Waals surface area contributed by atoms with Crippen molar-refractivity contribution < 1.29 is 27.5 Å². The van der Waals surface area contributed by atoms with E-state index in [4.69, 9.17) is 9.47 Å². The third kappa shape index (κ3) is 6.26. The summed E-state index contributed by atoms with van der Waals surface area (Å²) in [5.74, 6) is -0.312. The molecule has 0 aliphatic rings. The highest BCUT2D eigenvalue weighted by Crippen LogP contribution is 2.20. The molecule has 8 nitrogen and oxygen atoms in total. The minimum atomic E-state index is -3.58. The number of nitrogens with zero attached hydrogens (tertiary/aromatic N) is 1. The van der Waals surface area contributed by atoms with Crippen LogP contribution in [0, 0.1) is 13.8 Å². The molecule has 34 heavy (non-hydrogen) atoms. The minimum Gasteiger partial charge on any atom is -0.497 e. The summed E-state index contributed by atoms with van der Waals surface area (Å²) < 4.78 is 37.8. The Morgan fingerprint density at radius 1 is 1.00 bits per heavy atom. The molecule has 1 aromatic heterocycles. The van der Waals surface area contributed by atoms with Crippen LogP contribution in [0.25, 0.3) is 0 Å². The van der Waals surface area contributed by atoms with Gasteiger partial charge in [-0.1, -0.05) is 24.3 Å². The molecule has 180 valence electrons. The maximum Gasteiger partial charge on any atom is 0.340 e. The van der Waals surface area contributed by atoms with E-state index in [9.17, 15) is 18.0 Å². The van der Waals surface area contributed by atoms with Crippen molar-refractivity contribution in [1.29, 1.82) is 0 Å². The molecule has 0 saturated carbocycles. The number of nitrogens with one attached hydrogen (secondary N) is 1. The maximum absolute atomic E-state index is 12.8. The molecular weight excluding hydrogens is 456 g/mol. The normalized spacial score (nSPS) is 11.2. The molecule has 3 rings (SSSR count). The van der Waals surface area contributed by atoms with Crippen LogP contribution in [0.15, 0.2) is 54.6 Å². The lowest BCUT2D eigenvalue weighted by molar-refractivity contribution is 0.0475. The fourth-order valence-corrected chi connectivity index (χ4v) is 4.27. The maximum atomic E-state index is 12.8. The van der Waals surface area contributed by atoms with Crippen molar-refractivity contribution in [3.05, 3.63) is 82.7 Å². The second kappa shape index (κ2) is 10.6. The van der Waals surface area contributed by atoms with Gasteiger partial charge in [0.25, 0.3) is 0 Å². The molecule has 1 heterocycles. The zero-order valence-electron chi connectivity index (χ0n) is 19.6. The second-order valence-corrected chi connectivity index (χ2v) is 9.70. The third-order valence-electron chi connectivity index (χ3n) is 5.43. The number of methoxy groups -OCH3 is 1. The van der Waals surface area contributed by atoms with Crippen LogP contribution in [-0.2, 0) is 27.7 Å². The summed E-state index contributed by atoms with van der Waals surface area (Å²) in [5.41, 5.74) is 3.50. The van der Waals surface area contributed by atoms with E-state index in [1.165, 1.54) is 12.1 Å². The van der Waals surface area contributed by atoms with Gasteiger partial charge in [0.1, 0.15) is 5.75 Å². The summed E-state index contributed by atoms with van der Waals surface area (Å²) in [6.07, 6.45) is 1.77. The van der Waals surface area contributed by atoms with Crippen LogP contribution in [-0.4, -0.2) is 44.7 Å². The quantitative estimate of drug-likeness (QED) is 0.347. The number of carbonyl (C=O) groups excluding carboxylic acids is 2. The van der Waals surface area contributed by atoms with Crippen LogP contribution in [0.5, 0.6) is 5.75 Å². The number of sulfonamides is 1. The summed E-state index contributed by atoms with van der Waals surface area (Å²) in [6.45, 7) is 4.04. The summed E-state index contributed by atoms with van der Waals surface area (Å²) in [5, 5.41) is 0. The number of hydrogen-bond acceptors (Lipinski definition) is 6. The monoisotopic (exact) mass is 484 g/mol. The molecule has 0 amide bonds. The fourth-order valence-electron chi connectivity index (χ4n) is 3.70. The van der Waals surface area contributed by atoms with Gasteiger partial charge in [-0.2, -0.15) is 0 Å². The number of aryl methyl sites for hydroxylation is 2. The fraction of sp³-hybridized carbons (Fsp3) is 0.280. The van der Waals surface area contributed by atoms with Gasteiger partial charge in [-0.25, -0.2) is 13.2 Å². The van der Waals surface area contributed by atoms with E-state index in [0.717, 1.165) is 35.4 Å². The SMILES string of the molecule is COc1ccc(CCn2c(C)cc(C(=O)COC(=O)c3ccccc3NS(C)(=O)=O)c2C)cc1. The second-order valence-electron chi connectivity index (χ2n) is 7.95. The lowest BCUT2D eigenvalue weighted by Crippen LogP contribution is -2.18. The summed E-state index contributed by atoms with van der Waals surface area (Å²) in [6, 6.07) is 15.7. The van der Waals surface area contributed by atoms with Crippen molar-refractivity contribution in [2.45, 2.75) is 26.8 Å². The topological polar surface area (TPSA) is 104 Å². The predicted molar refractivity (Wildman–Crippen MR) is 130 cm³/mol. The van der Waals surface area contributed by atoms with Gasteiger partial charge < -0.3 is 14.0 Å². The van der Waals surface area contributed by atoms with E-state index in [-0.39, 0.29) is 17.0 Å². The molecule has 0 atom stereocenters. The van der Waals surface area contributed by atoms with E-state index in [1.54, 1.807) is 25.3 Å². The molecular formula is C25H28N2O6S. The molecule has 3 aromatic rings.